The fraction of sp³-hybridized carbons (Fsp3) is 0.150. The average Bonchev–Trinajstić information content (AvgIpc) is 3.10. The van der Waals surface area contributed by atoms with E-state index >= 15 is 0 Å². The van der Waals surface area contributed by atoms with Gasteiger partial charge in [0, 0.05) is 11.1 Å². The van der Waals surface area contributed by atoms with E-state index in [4.69, 9.17) is 14.4 Å². The van der Waals surface area contributed by atoms with E-state index in [0.717, 1.165) is 5.56 Å². The minimum Gasteiger partial charge on any atom is -0.469 e. The Balaban J connectivity index is 1.75. The van der Waals surface area contributed by atoms with Crippen molar-refractivity contribution in [3.8, 4) is 6.07 Å². The molecule has 0 bridgehead atoms. The molecule has 0 saturated heterocycles. The van der Waals surface area contributed by atoms with Gasteiger partial charge in [-0.25, -0.2) is 0 Å². The van der Waals surface area contributed by atoms with Crippen LogP contribution in [0.3, 0.4) is 0 Å². The molecule has 0 spiro atoms. The van der Waals surface area contributed by atoms with Crippen LogP contribution in [-0.4, -0.2) is 19.0 Å². The number of amides is 1. The summed E-state index contributed by atoms with van der Waals surface area (Å²) in [5, 5.41) is 12.4. The minimum atomic E-state index is -0.395. The van der Waals surface area contributed by atoms with E-state index < -0.39 is 5.91 Å². The lowest BCUT2D eigenvalue weighted by molar-refractivity contribution is -0.141. The number of furan rings is 1. The van der Waals surface area contributed by atoms with Gasteiger partial charge in [-0.05, 0) is 48.9 Å². The molecule has 3 aromatic rings. The van der Waals surface area contributed by atoms with Gasteiger partial charge in [-0.1, -0.05) is 12.1 Å². The van der Waals surface area contributed by atoms with Crippen molar-refractivity contribution >= 4 is 28.5 Å². The number of benzene rings is 2. The number of hydrogen-bond acceptors (Lipinski definition) is 5. The van der Waals surface area contributed by atoms with Crippen molar-refractivity contribution in [2.75, 3.05) is 12.4 Å². The fourth-order valence-corrected chi connectivity index (χ4v) is 2.59. The number of anilines is 1. The van der Waals surface area contributed by atoms with E-state index in [-0.39, 0.29) is 17.6 Å². The quantitative estimate of drug-likeness (QED) is 0.723. The maximum absolute atomic E-state index is 12.4. The van der Waals surface area contributed by atoms with Crippen LogP contribution in [0.15, 0.2) is 52.9 Å². The highest BCUT2D eigenvalue weighted by Crippen LogP contribution is 2.23. The van der Waals surface area contributed by atoms with Gasteiger partial charge in [-0.2, -0.15) is 5.26 Å². The molecule has 3 rings (SSSR count). The van der Waals surface area contributed by atoms with E-state index in [1.807, 2.05) is 6.07 Å². The highest BCUT2D eigenvalue weighted by molar-refractivity contribution is 6.04. The van der Waals surface area contributed by atoms with Crippen LogP contribution in [0, 0.1) is 11.3 Å². The monoisotopic (exact) mass is 348 g/mol. The molecule has 1 aromatic heterocycles. The zero-order chi connectivity index (χ0) is 18.7. The topological polar surface area (TPSA) is 92.3 Å². The molecule has 1 atom stereocenters. The van der Waals surface area contributed by atoms with Crippen molar-refractivity contribution in [3.05, 3.63) is 65.4 Å². The number of nitriles is 1. The van der Waals surface area contributed by atoms with Crippen LogP contribution in [0.5, 0.6) is 0 Å². The largest absolute Gasteiger partial charge is 0.469 e. The van der Waals surface area contributed by atoms with Gasteiger partial charge in [0.05, 0.1) is 24.7 Å². The van der Waals surface area contributed by atoms with Gasteiger partial charge in [0.1, 0.15) is 5.58 Å². The van der Waals surface area contributed by atoms with Crippen LogP contribution in [0.1, 0.15) is 34.5 Å². The van der Waals surface area contributed by atoms with Gasteiger partial charge in [-0.15, -0.1) is 0 Å². The molecule has 0 aliphatic heterocycles. The Hall–Kier alpha value is -3.59. The Morgan fingerprint density at radius 1 is 1.15 bits per heavy atom. The third-order valence-electron chi connectivity index (χ3n) is 4.09. The number of nitrogens with one attached hydrogen (secondary N) is 1. The smallest absolute Gasteiger partial charge is 0.312 e. The first kappa shape index (κ1) is 17.2. The van der Waals surface area contributed by atoms with Gasteiger partial charge in [-0.3, -0.25) is 9.59 Å². The Kier molecular flexibility index (Phi) is 4.72. The van der Waals surface area contributed by atoms with Crippen LogP contribution < -0.4 is 5.32 Å². The van der Waals surface area contributed by atoms with E-state index in [1.54, 1.807) is 55.5 Å². The number of rotatable bonds is 4. The first-order valence-corrected chi connectivity index (χ1v) is 7.94. The van der Waals surface area contributed by atoms with Crippen molar-refractivity contribution in [1.82, 2.24) is 0 Å². The van der Waals surface area contributed by atoms with Gasteiger partial charge in [0.2, 0.25) is 0 Å². The van der Waals surface area contributed by atoms with Crippen molar-refractivity contribution in [2.45, 2.75) is 12.8 Å². The molecule has 1 unspecified atom stereocenters. The minimum absolute atomic E-state index is 0.155. The third kappa shape index (κ3) is 3.42. The number of carbonyl (C=O) groups is 2. The lowest BCUT2D eigenvalue weighted by Gasteiger charge is -2.10. The van der Waals surface area contributed by atoms with Crippen molar-refractivity contribution in [1.29, 1.82) is 5.26 Å². The number of methoxy groups -OCH3 is 1. The molecule has 0 radical (unpaired) electrons. The maximum atomic E-state index is 12.4. The average molecular weight is 348 g/mol. The highest BCUT2D eigenvalue weighted by Gasteiger charge is 2.16. The summed E-state index contributed by atoms with van der Waals surface area (Å²) < 4.78 is 10.3. The SMILES string of the molecule is COC(=O)C(C)c1ccc(NC(=O)c2cc3cc(C#N)ccc3o2)cc1. The first-order valence-electron chi connectivity index (χ1n) is 7.94. The maximum Gasteiger partial charge on any atom is 0.312 e. The molecule has 2 aromatic carbocycles. The fourth-order valence-electron chi connectivity index (χ4n) is 2.59. The van der Waals surface area contributed by atoms with Crippen molar-refractivity contribution < 1.29 is 18.7 Å². The second-order valence-corrected chi connectivity index (χ2v) is 5.80. The van der Waals surface area contributed by atoms with Crippen LogP contribution >= 0.6 is 0 Å². The standard InChI is InChI=1S/C20H16N2O4/c1-12(20(24)25-2)14-4-6-16(7-5-14)22-19(23)18-10-15-9-13(11-21)3-8-17(15)26-18/h3-10,12H,1-2H3,(H,22,23). The second kappa shape index (κ2) is 7.11. The number of carbonyl (C=O) groups excluding carboxylic acids is 2. The predicted molar refractivity (Wildman–Crippen MR) is 95.8 cm³/mol. The molecule has 0 aliphatic carbocycles. The molecule has 6 heteroatoms. The molecule has 6 nitrogen and oxygen atoms in total. The summed E-state index contributed by atoms with van der Waals surface area (Å²) in [5.41, 5.74) is 2.41. The van der Waals surface area contributed by atoms with E-state index in [2.05, 4.69) is 5.32 Å². The molecule has 26 heavy (non-hydrogen) atoms. The molecule has 1 heterocycles. The molecule has 0 aliphatic rings. The summed E-state index contributed by atoms with van der Waals surface area (Å²) in [7, 11) is 1.35. The summed E-state index contributed by atoms with van der Waals surface area (Å²) in [6.07, 6.45) is 0. The summed E-state index contributed by atoms with van der Waals surface area (Å²) in [4.78, 5) is 23.9. The summed E-state index contributed by atoms with van der Waals surface area (Å²) in [6.45, 7) is 1.75. The van der Waals surface area contributed by atoms with Crippen LogP contribution in [0.2, 0.25) is 0 Å². The molecule has 130 valence electrons. The second-order valence-electron chi connectivity index (χ2n) is 5.80. The van der Waals surface area contributed by atoms with Gasteiger partial charge in [0.15, 0.2) is 5.76 Å². The number of nitrogens with zero attached hydrogens (tertiary/aromatic N) is 1. The lowest BCUT2D eigenvalue weighted by Crippen LogP contribution is -2.12. The molecule has 1 N–H and O–H groups in total. The van der Waals surface area contributed by atoms with Crippen LogP contribution in [0.25, 0.3) is 11.0 Å². The Bertz CT molecular complexity index is 1010. The van der Waals surface area contributed by atoms with Crippen LogP contribution in [-0.2, 0) is 9.53 Å². The van der Waals surface area contributed by atoms with Gasteiger partial charge >= 0.3 is 5.97 Å². The van der Waals surface area contributed by atoms with Crippen molar-refractivity contribution in [3.63, 3.8) is 0 Å². The van der Waals surface area contributed by atoms with Gasteiger partial charge in [0.25, 0.3) is 5.91 Å². The zero-order valence-electron chi connectivity index (χ0n) is 14.3. The van der Waals surface area contributed by atoms with E-state index in [0.29, 0.717) is 22.2 Å². The molecule has 1 amide bonds. The molecular formula is C20H16N2O4. The third-order valence-corrected chi connectivity index (χ3v) is 4.09. The Morgan fingerprint density at radius 3 is 2.54 bits per heavy atom. The number of hydrogen-bond donors (Lipinski definition) is 1. The van der Waals surface area contributed by atoms with Crippen LogP contribution in [0.4, 0.5) is 5.69 Å². The number of ether oxygens (including phenoxy) is 1. The normalized spacial score (nSPS) is 11.6. The molecular weight excluding hydrogens is 332 g/mol. The Morgan fingerprint density at radius 2 is 1.88 bits per heavy atom. The van der Waals surface area contributed by atoms with Crippen molar-refractivity contribution in [2.24, 2.45) is 0 Å². The zero-order valence-corrected chi connectivity index (χ0v) is 14.3. The lowest BCUT2D eigenvalue weighted by atomic mass is 10.0. The first-order chi connectivity index (χ1) is 12.5. The number of fused-ring (bicyclic) bond motifs is 1. The summed E-state index contributed by atoms with van der Waals surface area (Å²) in [6, 6.07) is 15.5. The Labute approximate surface area is 150 Å². The molecule has 0 fully saturated rings. The summed E-state index contributed by atoms with van der Waals surface area (Å²) in [5.74, 6) is -0.939. The summed E-state index contributed by atoms with van der Waals surface area (Å²) >= 11 is 0. The van der Waals surface area contributed by atoms with E-state index in [9.17, 15) is 9.59 Å². The molecule has 0 saturated carbocycles. The number of esters is 1. The predicted octanol–water partition coefficient (Wildman–Crippen LogP) is 3.83. The van der Waals surface area contributed by atoms with E-state index in [1.165, 1.54) is 7.11 Å². The highest BCUT2D eigenvalue weighted by atomic mass is 16.5. The van der Waals surface area contributed by atoms with Gasteiger partial charge < -0.3 is 14.5 Å².